The van der Waals surface area contributed by atoms with E-state index in [2.05, 4.69) is 10.6 Å². The molecule has 2 rings (SSSR count). The lowest BCUT2D eigenvalue weighted by Gasteiger charge is -2.16. The minimum absolute atomic E-state index is 0.0764. The number of hydrogen-bond donors (Lipinski definition) is 3. The fraction of sp³-hybridized carbons (Fsp3) is 0.357. The van der Waals surface area contributed by atoms with Crippen LogP contribution in [0.1, 0.15) is 32.3 Å². The van der Waals surface area contributed by atoms with Crippen molar-refractivity contribution < 1.29 is 19.5 Å². The van der Waals surface area contributed by atoms with Gasteiger partial charge < -0.3 is 15.7 Å². The van der Waals surface area contributed by atoms with Crippen LogP contribution in [0.25, 0.3) is 0 Å². The van der Waals surface area contributed by atoms with Gasteiger partial charge in [0.2, 0.25) is 11.8 Å². The van der Waals surface area contributed by atoms with Crippen LogP contribution in [0.4, 0.5) is 11.4 Å². The molecule has 0 spiro atoms. The Labute approximate surface area is 116 Å². The minimum Gasteiger partial charge on any atom is -0.481 e. The van der Waals surface area contributed by atoms with Gasteiger partial charge in [0.15, 0.2) is 0 Å². The van der Waals surface area contributed by atoms with E-state index in [0.717, 1.165) is 11.3 Å². The lowest BCUT2D eigenvalue weighted by molar-refractivity contribution is -0.138. The number of benzene rings is 1. The van der Waals surface area contributed by atoms with Crippen LogP contribution in [0.3, 0.4) is 0 Å². The Morgan fingerprint density at radius 1 is 1.30 bits per heavy atom. The number of amides is 2. The van der Waals surface area contributed by atoms with Crippen molar-refractivity contribution in [3.63, 3.8) is 0 Å². The second kappa shape index (κ2) is 4.96. The maximum Gasteiger partial charge on any atom is 0.303 e. The average molecular weight is 276 g/mol. The van der Waals surface area contributed by atoms with Crippen LogP contribution < -0.4 is 10.6 Å². The molecule has 0 radical (unpaired) electrons. The van der Waals surface area contributed by atoms with Gasteiger partial charge in [-0.3, -0.25) is 14.4 Å². The molecule has 0 bridgehead atoms. The third kappa shape index (κ3) is 2.64. The average Bonchev–Trinajstić information content (AvgIpc) is 2.59. The molecule has 6 nitrogen and oxygen atoms in total. The molecule has 1 heterocycles. The normalized spacial score (nSPS) is 15.4. The van der Waals surface area contributed by atoms with Crippen LogP contribution in [0, 0.1) is 0 Å². The Morgan fingerprint density at radius 2 is 2.00 bits per heavy atom. The van der Waals surface area contributed by atoms with E-state index in [1.165, 1.54) is 0 Å². The van der Waals surface area contributed by atoms with Gasteiger partial charge in [-0.05, 0) is 37.6 Å². The fourth-order valence-electron chi connectivity index (χ4n) is 2.09. The Hall–Kier alpha value is -2.37. The molecule has 1 aliphatic rings. The van der Waals surface area contributed by atoms with Crippen molar-refractivity contribution in [2.75, 3.05) is 10.6 Å². The summed E-state index contributed by atoms with van der Waals surface area (Å²) in [4.78, 5) is 33.8. The Kier molecular flexibility index (Phi) is 3.48. The van der Waals surface area contributed by atoms with Gasteiger partial charge in [0.25, 0.3) is 0 Å². The number of nitrogens with one attached hydrogen (secondary N) is 2. The van der Waals surface area contributed by atoms with Crippen LogP contribution in [-0.4, -0.2) is 22.9 Å². The molecule has 0 aliphatic carbocycles. The highest BCUT2D eigenvalue weighted by Crippen LogP contribution is 2.38. The van der Waals surface area contributed by atoms with Crippen molar-refractivity contribution in [2.24, 2.45) is 0 Å². The van der Waals surface area contributed by atoms with Gasteiger partial charge in [0.05, 0.1) is 11.8 Å². The summed E-state index contributed by atoms with van der Waals surface area (Å²) in [6, 6.07) is 5.15. The SMILES string of the molecule is CC1(C)C(=O)Nc2ccc(NC(=O)CCC(=O)O)cc21. The first kappa shape index (κ1) is 14.0. The van der Waals surface area contributed by atoms with E-state index in [-0.39, 0.29) is 24.7 Å². The third-order valence-electron chi connectivity index (χ3n) is 3.36. The number of carboxylic acids is 1. The Bertz CT molecular complexity index is 593. The van der Waals surface area contributed by atoms with Gasteiger partial charge in [0.1, 0.15) is 0 Å². The highest BCUT2D eigenvalue weighted by molar-refractivity contribution is 6.06. The van der Waals surface area contributed by atoms with Crippen LogP contribution in [0.15, 0.2) is 18.2 Å². The molecule has 106 valence electrons. The summed E-state index contributed by atoms with van der Waals surface area (Å²) in [6.07, 6.45) is -0.282. The lowest BCUT2D eigenvalue weighted by Crippen LogP contribution is -2.26. The molecule has 20 heavy (non-hydrogen) atoms. The standard InChI is InChI=1S/C14H16N2O4/c1-14(2)9-7-8(3-4-10(9)16-13(14)20)15-11(17)5-6-12(18)19/h3-4,7H,5-6H2,1-2H3,(H,15,17)(H,16,20)(H,18,19). The van der Waals surface area contributed by atoms with Gasteiger partial charge in [-0.1, -0.05) is 0 Å². The molecular formula is C14H16N2O4. The number of carboxylic acid groups (broad SMARTS) is 1. The number of anilines is 2. The highest BCUT2D eigenvalue weighted by Gasteiger charge is 2.38. The zero-order chi connectivity index (χ0) is 14.9. The lowest BCUT2D eigenvalue weighted by atomic mass is 9.86. The Balaban J connectivity index is 2.13. The first-order valence-electron chi connectivity index (χ1n) is 6.28. The van der Waals surface area contributed by atoms with Crippen molar-refractivity contribution in [2.45, 2.75) is 32.1 Å². The second-order valence-corrected chi connectivity index (χ2v) is 5.28. The number of aliphatic carboxylic acids is 1. The summed E-state index contributed by atoms with van der Waals surface area (Å²) in [6.45, 7) is 3.62. The molecule has 0 atom stereocenters. The minimum atomic E-state index is -1.01. The highest BCUT2D eigenvalue weighted by atomic mass is 16.4. The summed E-state index contributed by atoms with van der Waals surface area (Å²) in [5.74, 6) is -1.45. The Morgan fingerprint density at radius 3 is 2.65 bits per heavy atom. The number of rotatable bonds is 4. The summed E-state index contributed by atoms with van der Waals surface area (Å²) in [7, 11) is 0. The van der Waals surface area contributed by atoms with Gasteiger partial charge in [-0.25, -0.2) is 0 Å². The molecule has 0 saturated heterocycles. The van der Waals surface area contributed by atoms with E-state index in [1.54, 1.807) is 18.2 Å². The number of carbonyl (C=O) groups excluding carboxylic acids is 2. The topological polar surface area (TPSA) is 95.5 Å². The smallest absolute Gasteiger partial charge is 0.303 e. The number of carbonyl (C=O) groups is 3. The molecule has 0 fully saturated rings. The maximum absolute atomic E-state index is 11.8. The molecule has 3 N–H and O–H groups in total. The van der Waals surface area contributed by atoms with Gasteiger partial charge in [-0.2, -0.15) is 0 Å². The van der Waals surface area contributed by atoms with E-state index in [0.29, 0.717) is 5.69 Å². The molecule has 6 heteroatoms. The summed E-state index contributed by atoms with van der Waals surface area (Å²) < 4.78 is 0. The van der Waals surface area contributed by atoms with E-state index in [4.69, 9.17) is 5.11 Å². The molecular weight excluding hydrogens is 260 g/mol. The number of hydrogen-bond acceptors (Lipinski definition) is 3. The summed E-state index contributed by atoms with van der Waals surface area (Å²) in [5.41, 5.74) is 1.47. The molecule has 0 saturated carbocycles. The molecule has 0 aromatic heterocycles. The van der Waals surface area contributed by atoms with Crippen molar-refractivity contribution in [1.82, 2.24) is 0 Å². The monoisotopic (exact) mass is 276 g/mol. The van der Waals surface area contributed by atoms with Crippen LogP contribution in [0.2, 0.25) is 0 Å². The molecule has 1 aliphatic heterocycles. The van der Waals surface area contributed by atoms with Crippen LogP contribution in [0.5, 0.6) is 0 Å². The summed E-state index contributed by atoms with van der Waals surface area (Å²) in [5, 5.41) is 13.9. The van der Waals surface area contributed by atoms with Crippen molar-refractivity contribution in [3.05, 3.63) is 23.8 Å². The van der Waals surface area contributed by atoms with Gasteiger partial charge in [0, 0.05) is 17.8 Å². The molecule has 2 amide bonds. The van der Waals surface area contributed by atoms with Crippen LogP contribution >= 0.6 is 0 Å². The van der Waals surface area contributed by atoms with Crippen molar-refractivity contribution >= 4 is 29.2 Å². The largest absolute Gasteiger partial charge is 0.481 e. The maximum atomic E-state index is 11.8. The quantitative estimate of drug-likeness (QED) is 0.780. The molecule has 1 aromatic rings. The van der Waals surface area contributed by atoms with Crippen LogP contribution in [-0.2, 0) is 19.8 Å². The first-order valence-corrected chi connectivity index (χ1v) is 6.28. The van der Waals surface area contributed by atoms with E-state index >= 15 is 0 Å². The van der Waals surface area contributed by atoms with E-state index in [9.17, 15) is 14.4 Å². The zero-order valence-corrected chi connectivity index (χ0v) is 11.3. The third-order valence-corrected chi connectivity index (χ3v) is 3.36. The molecule has 0 unspecified atom stereocenters. The van der Waals surface area contributed by atoms with Crippen molar-refractivity contribution in [3.8, 4) is 0 Å². The second-order valence-electron chi connectivity index (χ2n) is 5.28. The number of fused-ring (bicyclic) bond motifs is 1. The molecule has 1 aromatic carbocycles. The van der Waals surface area contributed by atoms with E-state index < -0.39 is 11.4 Å². The first-order chi connectivity index (χ1) is 9.30. The van der Waals surface area contributed by atoms with Gasteiger partial charge >= 0.3 is 5.97 Å². The fourth-order valence-corrected chi connectivity index (χ4v) is 2.09. The summed E-state index contributed by atoms with van der Waals surface area (Å²) >= 11 is 0. The van der Waals surface area contributed by atoms with E-state index in [1.807, 2.05) is 13.8 Å². The predicted octanol–water partition coefficient (Wildman–Crippen LogP) is 1.72. The predicted molar refractivity (Wildman–Crippen MR) is 73.6 cm³/mol. The van der Waals surface area contributed by atoms with Crippen molar-refractivity contribution in [1.29, 1.82) is 0 Å². The van der Waals surface area contributed by atoms with Gasteiger partial charge in [-0.15, -0.1) is 0 Å². The zero-order valence-electron chi connectivity index (χ0n) is 11.3.